The maximum Gasteiger partial charge on any atom is 0.0409 e. The number of hydrogen-bond acceptors (Lipinski definition) is 1. The van der Waals surface area contributed by atoms with Gasteiger partial charge in [0.05, 0.1) is 0 Å². The standard InChI is InChI=1S/C11H15Cl2N/c12-6-1-2-7-14-9-10-4-3-5-11(13)8-10/h3-5,8,14H,1-2,6-7,9H2. The van der Waals surface area contributed by atoms with E-state index >= 15 is 0 Å². The number of halogens is 2. The van der Waals surface area contributed by atoms with Gasteiger partial charge in [-0.05, 0) is 37.1 Å². The van der Waals surface area contributed by atoms with Crippen molar-refractivity contribution >= 4 is 23.2 Å². The molecule has 0 saturated heterocycles. The fourth-order valence-electron chi connectivity index (χ4n) is 1.22. The molecule has 1 nitrogen and oxygen atoms in total. The van der Waals surface area contributed by atoms with Crippen LogP contribution >= 0.6 is 23.2 Å². The van der Waals surface area contributed by atoms with E-state index in [0.717, 1.165) is 36.8 Å². The summed E-state index contributed by atoms with van der Waals surface area (Å²) in [4.78, 5) is 0. The quantitative estimate of drug-likeness (QED) is 0.585. The van der Waals surface area contributed by atoms with Gasteiger partial charge in [0, 0.05) is 17.4 Å². The lowest BCUT2D eigenvalue weighted by molar-refractivity contribution is 0.643. The molecule has 0 amide bonds. The largest absolute Gasteiger partial charge is 0.313 e. The SMILES string of the molecule is ClCCCCNCc1cccc(Cl)c1. The van der Waals surface area contributed by atoms with Crippen LogP contribution in [0, 0.1) is 0 Å². The molecule has 1 N–H and O–H groups in total. The van der Waals surface area contributed by atoms with Crippen LogP contribution in [0.1, 0.15) is 18.4 Å². The Kier molecular flexibility index (Phi) is 6.00. The number of unbranched alkanes of at least 4 members (excludes halogenated alkanes) is 1. The fraction of sp³-hybridized carbons (Fsp3) is 0.455. The Bertz CT molecular complexity index is 263. The molecule has 3 heteroatoms. The summed E-state index contributed by atoms with van der Waals surface area (Å²) in [6, 6.07) is 7.91. The van der Waals surface area contributed by atoms with Gasteiger partial charge in [0.1, 0.15) is 0 Å². The molecule has 0 bridgehead atoms. The molecule has 0 aliphatic carbocycles. The van der Waals surface area contributed by atoms with Crippen molar-refractivity contribution in [2.24, 2.45) is 0 Å². The molecule has 0 atom stereocenters. The van der Waals surface area contributed by atoms with Crippen LogP contribution in [-0.4, -0.2) is 12.4 Å². The van der Waals surface area contributed by atoms with E-state index in [1.165, 1.54) is 5.56 Å². The molecule has 1 rings (SSSR count). The van der Waals surface area contributed by atoms with Gasteiger partial charge in [-0.1, -0.05) is 23.7 Å². The van der Waals surface area contributed by atoms with E-state index < -0.39 is 0 Å². The highest BCUT2D eigenvalue weighted by Gasteiger charge is 1.93. The van der Waals surface area contributed by atoms with Crippen LogP contribution < -0.4 is 5.32 Å². The lowest BCUT2D eigenvalue weighted by atomic mass is 10.2. The van der Waals surface area contributed by atoms with Gasteiger partial charge in [0.15, 0.2) is 0 Å². The topological polar surface area (TPSA) is 12.0 Å². The summed E-state index contributed by atoms with van der Waals surface area (Å²) in [5.74, 6) is 0.749. The highest BCUT2D eigenvalue weighted by atomic mass is 35.5. The molecule has 14 heavy (non-hydrogen) atoms. The Morgan fingerprint density at radius 3 is 2.79 bits per heavy atom. The summed E-state index contributed by atoms with van der Waals surface area (Å²) in [6.45, 7) is 1.89. The molecule has 0 spiro atoms. The molecular formula is C11H15Cl2N. The number of alkyl halides is 1. The van der Waals surface area contributed by atoms with Crippen LogP contribution in [0.15, 0.2) is 24.3 Å². The normalized spacial score (nSPS) is 10.4. The molecule has 0 aliphatic heterocycles. The average molecular weight is 232 g/mol. The van der Waals surface area contributed by atoms with Gasteiger partial charge in [0.2, 0.25) is 0 Å². The first-order valence-corrected chi connectivity index (χ1v) is 5.75. The first-order chi connectivity index (χ1) is 6.83. The minimum absolute atomic E-state index is 0.749. The molecular weight excluding hydrogens is 217 g/mol. The Balaban J connectivity index is 2.18. The lowest BCUT2D eigenvalue weighted by Crippen LogP contribution is -2.14. The van der Waals surface area contributed by atoms with Crippen LogP contribution in [0.5, 0.6) is 0 Å². The Labute approximate surface area is 95.4 Å². The smallest absolute Gasteiger partial charge is 0.0409 e. The van der Waals surface area contributed by atoms with Crippen LogP contribution in [0.25, 0.3) is 0 Å². The second-order valence-electron chi connectivity index (χ2n) is 3.20. The number of nitrogens with one attached hydrogen (secondary N) is 1. The second-order valence-corrected chi connectivity index (χ2v) is 4.02. The maximum atomic E-state index is 5.86. The summed E-state index contributed by atoms with van der Waals surface area (Å²) in [5, 5.41) is 4.14. The number of rotatable bonds is 6. The molecule has 0 heterocycles. The van der Waals surface area contributed by atoms with E-state index in [-0.39, 0.29) is 0 Å². The molecule has 0 saturated carbocycles. The number of hydrogen-bond donors (Lipinski definition) is 1. The summed E-state index contributed by atoms with van der Waals surface area (Å²) in [6.07, 6.45) is 2.20. The van der Waals surface area contributed by atoms with E-state index in [0.29, 0.717) is 0 Å². The molecule has 0 fully saturated rings. The van der Waals surface area contributed by atoms with E-state index in [1.807, 2.05) is 18.2 Å². The molecule has 1 aromatic rings. The van der Waals surface area contributed by atoms with Gasteiger partial charge in [-0.2, -0.15) is 0 Å². The fourth-order valence-corrected chi connectivity index (χ4v) is 1.63. The minimum Gasteiger partial charge on any atom is -0.313 e. The van der Waals surface area contributed by atoms with Gasteiger partial charge in [-0.15, -0.1) is 11.6 Å². The van der Waals surface area contributed by atoms with Crippen LogP contribution in [0.4, 0.5) is 0 Å². The molecule has 0 radical (unpaired) electrons. The molecule has 0 aliphatic rings. The van der Waals surface area contributed by atoms with Crippen molar-refractivity contribution < 1.29 is 0 Å². The Morgan fingerprint density at radius 2 is 2.07 bits per heavy atom. The number of benzene rings is 1. The lowest BCUT2D eigenvalue weighted by Gasteiger charge is -2.04. The first kappa shape index (κ1) is 11.8. The zero-order chi connectivity index (χ0) is 10.2. The predicted octanol–water partition coefficient (Wildman–Crippen LogP) is 3.45. The summed E-state index contributed by atoms with van der Waals surface area (Å²) in [7, 11) is 0. The van der Waals surface area contributed by atoms with Gasteiger partial charge >= 0.3 is 0 Å². The Morgan fingerprint density at radius 1 is 1.21 bits per heavy atom. The molecule has 0 aromatic heterocycles. The highest BCUT2D eigenvalue weighted by Crippen LogP contribution is 2.10. The van der Waals surface area contributed by atoms with Crippen molar-refractivity contribution in [3.63, 3.8) is 0 Å². The molecule has 1 aromatic carbocycles. The minimum atomic E-state index is 0.749. The van der Waals surface area contributed by atoms with Crippen LogP contribution in [0.3, 0.4) is 0 Å². The van der Waals surface area contributed by atoms with Crippen molar-refractivity contribution in [3.05, 3.63) is 34.9 Å². The summed E-state index contributed by atoms with van der Waals surface area (Å²) >= 11 is 11.4. The van der Waals surface area contributed by atoms with E-state index in [2.05, 4.69) is 11.4 Å². The average Bonchev–Trinajstić information content (AvgIpc) is 2.18. The monoisotopic (exact) mass is 231 g/mol. The van der Waals surface area contributed by atoms with Gasteiger partial charge < -0.3 is 5.32 Å². The zero-order valence-corrected chi connectivity index (χ0v) is 9.61. The maximum absolute atomic E-state index is 5.86. The van der Waals surface area contributed by atoms with Crippen LogP contribution in [0.2, 0.25) is 5.02 Å². The predicted molar refractivity (Wildman–Crippen MR) is 63.1 cm³/mol. The van der Waals surface area contributed by atoms with Crippen molar-refractivity contribution in [1.29, 1.82) is 0 Å². The summed E-state index contributed by atoms with van der Waals surface area (Å²) in [5.41, 5.74) is 1.23. The van der Waals surface area contributed by atoms with E-state index in [9.17, 15) is 0 Å². The van der Waals surface area contributed by atoms with Crippen molar-refractivity contribution in [2.45, 2.75) is 19.4 Å². The Hall–Kier alpha value is -0.240. The van der Waals surface area contributed by atoms with E-state index in [1.54, 1.807) is 0 Å². The van der Waals surface area contributed by atoms with Gasteiger partial charge in [-0.25, -0.2) is 0 Å². The van der Waals surface area contributed by atoms with Crippen LogP contribution in [-0.2, 0) is 6.54 Å². The van der Waals surface area contributed by atoms with Crippen molar-refractivity contribution in [1.82, 2.24) is 5.32 Å². The summed E-state index contributed by atoms with van der Waals surface area (Å²) < 4.78 is 0. The second kappa shape index (κ2) is 7.10. The van der Waals surface area contributed by atoms with Gasteiger partial charge in [0.25, 0.3) is 0 Å². The zero-order valence-electron chi connectivity index (χ0n) is 8.10. The third-order valence-corrected chi connectivity index (χ3v) is 2.46. The third kappa shape index (κ3) is 4.85. The van der Waals surface area contributed by atoms with Crippen molar-refractivity contribution in [3.8, 4) is 0 Å². The first-order valence-electron chi connectivity index (χ1n) is 4.84. The molecule has 0 unspecified atom stereocenters. The van der Waals surface area contributed by atoms with Crippen molar-refractivity contribution in [2.75, 3.05) is 12.4 Å². The van der Waals surface area contributed by atoms with Gasteiger partial charge in [-0.3, -0.25) is 0 Å². The van der Waals surface area contributed by atoms with E-state index in [4.69, 9.17) is 23.2 Å². The highest BCUT2D eigenvalue weighted by molar-refractivity contribution is 6.30. The third-order valence-electron chi connectivity index (χ3n) is 1.96. The molecule has 78 valence electrons.